The summed E-state index contributed by atoms with van der Waals surface area (Å²) in [6, 6.07) is 15.4. The fourth-order valence-corrected chi connectivity index (χ4v) is 4.25. The molecule has 1 radical (unpaired) electrons. The summed E-state index contributed by atoms with van der Waals surface area (Å²) in [7, 11) is 5.13. The van der Waals surface area contributed by atoms with E-state index in [2.05, 4.69) is 59.2 Å². The van der Waals surface area contributed by atoms with E-state index >= 15 is 0 Å². The lowest BCUT2D eigenvalue weighted by atomic mass is 9.71. The first-order valence-corrected chi connectivity index (χ1v) is 18.6. The van der Waals surface area contributed by atoms with Gasteiger partial charge in [-0.3, -0.25) is 14.4 Å². The van der Waals surface area contributed by atoms with E-state index in [1.807, 2.05) is 104 Å². The molecule has 1 heterocycles. The number of aliphatic imine (C=N–C) groups is 1. The summed E-state index contributed by atoms with van der Waals surface area (Å²) in [6.07, 6.45) is 1.04. The number of thiol groups is 1. The van der Waals surface area contributed by atoms with Crippen molar-refractivity contribution in [2.45, 2.75) is 120 Å². The molecule has 287 valence electrons. The maximum absolute atomic E-state index is 13.3. The number of fused-ring (bicyclic) bond motifs is 2. The van der Waals surface area contributed by atoms with Gasteiger partial charge >= 0.3 is 7.48 Å². The molecule has 1 aliphatic carbocycles. The molecule has 4 rings (SSSR count). The minimum Gasteiger partial charge on any atom is -0.490 e. The number of rotatable bonds is 8. The van der Waals surface area contributed by atoms with Gasteiger partial charge in [0.2, 0.25) is 12.3 Å². The van der Waals surface area contributed by atoms with Crippen molar-refractivity contribution in [3.05, 3.63) is 70.8 Å². The molecule has 0 spiro atoms. The van der Waals surface area contributed by atoms with Crippen molar-refractivity contribution < 1.29 is 23.8 Å². The van der Waals surface area contributed by atoms with Crippen molar-refractivity contribution in [3.63, 3.8) is 0 Å². The van der Waals surface area contributed by atoms with E-state index in [-0.39, 0.29) is 29.1 Å². The summed E-state index contributed by atoms with van der Waals surface area (Å²) in [6.45, 7) is 29.8. The Morgan fingerprint density at radius 3 is 2.04 bits per heavy atom. The molecule has 1 atom stereocenters. The van der Waals surface area contributed by atoms with Gasteiger partial charge in [-0.15, -0.1) is 0 Å². The highest BCUT2D eigenvalue weighted by molar-refractivity contribution is 7.81. The van der Waals surface area contributed by atoms with Crippen molar-refractivity contribution in [2.24, 2.45) is 15.8 Å². The van der Waals surface area contributed by atoms with Crippen molar-refractivity contribution in [1.29, 1.82) is 0 Å². The number of nitrogens with zero attached hydrogens (tertiary/aromatic N) is 3. The molecule has 10 heteroatoms. The highest BCUT2D eigenvalue weighted by atomic mass is 32.1. The smallest absolute Gasteiger partial charge is 0.330 e. The van der Waals surface area contributed by atoms with Crippen LogP contribution in [0.15, 0.2) is 59.1 Å². The second kappa shape index (κ2) is 19.6. The number of carbonyl (C=O) groups excluding carboxylic acids is 3. The highest BCUT2D eigenvalue weighted by Crippen LogP contribution is 2.37. The lowest BCUT2D eigenvalue weighted by Crippen LogP contribution is -2.46. The fraction of sp³-hybridized carbons (Fsp3) is 0.571. The predicted octanol–water partition coefficient (Wildman–Crippen LogP) is 7.79. The molecule has 0 bridgehead atoms. The Balaban J connectivity index is 0.000000525. The summed E-state index contributed by atoms with van der Waals surface area (Å²) in [5.74, 6) is 0.394. The van der Waals surface area contributed by atoms with Gasteiger partial charge in [-0.1, -0.05) is 109 Å². The molecule has 0 saturated carbocycles. The van der Waals surface area contributed by atoms with Crippen LogP contribution in [-0.2, 0) is 30.2 Å². The van der Waals surface area contributed by atoms with E-state index in [1.54, 1.807) is 26.5 Å². The number of likely N-dealkylation sites (N-methyl/N-ethyl adjacent to an activating group) is 1. The first-order chi connectivity index (χ1) is 23.9. The minimum atomic E-state index is -0.459. The zero-order chi connectivity index (χ0) is 40.2. The molecule has 2 aromatic carbocycles. The quantitative estimate of drug-likeness (QED) is 0.130. The number of benzene rings is 2. The summed E-state index contributed by atoms with van der Waals surface area (Å²) in [4.78, 5) is 42.3. The molecule has 0 aromatic heterocycles. The third kappa shape index (κ3) is 13.2. The highest BCUT2D eigenvalue weighted by Gasteiger charge is 2.38. The average Bonchev–Trinajstić information content (AvgIpc) is 3.38. The number of ether oxygens (including phenoxy) is 1. The van der Waals surface area contributed by atoms with Crippen LogP contribution in [-0.4, -0.2) is 84.9 Å². The molecule has 0 N–H and O–H groups in total. The Labute approximate surface area is 321 Å². The van der Waals surface area contributed by atoms with E-state index in [0.29, 0.717) is 41.6 Å². The van der Waals surface area contributed by atoms with Gasteiger partial charge in [-0.05, 0) is 63.5 Å². The summed E-state index contributed by atoms with van der Waals surface area (Å²) in [5.41, 5.74) is 5.64. The molecule has 3 amide bonds. The van der Waals surface area contributed by atoms with Gasteiger partial charge in [0.1, 0.15) is 18.9 Å². The van der Waals surface area contributed by atoms with Crippen LogP contribution < -0.4 is 5.46 Å². The summed E-state index contributed by atoms with van der Waals surface area (Å²) >= 11 is 4.64. The first-order valence-electron chi connectivity index (χ1n) is 18.2. The van der Waals surface area contributed by atoms with E-state index < -0.39 is 5.60 Å². The second-order valence-corrected chi connectivity index (χ2v) is 17.4. The van der Waals surface area contributed by atoms with Crippen LogP contribution in [0.1, 0.15) is 114 Å². The molecule has 52 heavy (non-hydrogen) atoms. The number of hydrogen-bond acceptors (Lipinski definition) is 6. The van der Waals surface area contributed by atoms with Gasteiger partial charge < -0.3 is 19.2 Å². The van der Waals surface area contributed by atoms with E-state index in [1.165, 1.54) is 4.90 Å². The second-order valence-electron chi connectivity index (χ2n) is 16.3. The van der Waals surface area contributed by atoms with Gasteiger partial charge in [0.05, 0.1) is 17.2 Å². The molecule has 2 aromatic rings. The third-order valence-electron chi connectivity index (χ3n) is 9.99. The van der Waals surface area contributed by atoms with Crippen LogP contribution >= 0.6 is 12.6 Å². The normalized spacial score (nSPS) is 15.9. The van der Waals surface area contributed by atoms with Crippen LogP contribution in [0, 0.1) is 10.8 Å². The molecule has 1 unspecified atom stereocenters. The molecule has 1 aliphatic heterocycles. The van der Waals surface area contributed by atoms with Crippen molar-refractivity contribution in [1.82, 2.24) is 9.80 Å². The Bertz CT molecular complexity index is 1540. The van der Waals surface area contributed by atoms with Crippen LogP contribution in [0.25, 0.3) is 5.76 Å². The largest absolute Gasteiger partial charge is 0.490 e. The molecule has 0 saturated heterocycles. The van der Waals surface area contributed by atoms with E-state index in [9.17, 15) is 14.4 Å². The topological polar surface area (TPSA) is 88.5 Å². The van der Waals surface area contributed by atoms with Crippen molar-refractivity contribution in [2.75, 3.05) is 27.2 Å². The molecule has 0 fully saturated rings. The monoisotopic (exact) mass is 734 g/mol. The lowest BCUT2D eigenvalue weighted by molar-refractivity contribution is -0.138. The van der Waals surface area contributed by atoms with Crippen LogP contribution in [0.3, 0.4) is 0 Å². The van der Waals surface area contributed by atoms with Crippen LogP contribution in [0.2, 0.25) is 0 Å². The number of amides is 3. The average molecular weight is 735 g/mol. The molecule has 8 nitrogen and oxygen atoms in total. The van der Waals surface area contributed by atoms with Crippen LogP contribution in [0.4, 0.5) is 0 Å². The first kappa shape index (κ1) is 46.7. The standard InChI is InChI=1S/C23H32BN2O4S.C9H9NO.C8H18.C2H6/c1-14-13-29-20-17-9-8-16(24-30-22(2,3)23(4,5)31)10-15(17)11-18(20)21(28)26(14)12-19(27)25(6)7;1-8(10-7-11)9-5-3-2-4-6-9;1-7(2,3)8(4,5)6;1-2/h8-10,14,31H,11-13H2,1-7H3;2-7H,1H3;1-6H3;1-2H3. The zero-order valence-electron chi connectivity index (χ0n) is 34.8. The lowest BCUT2D eigenvalue weighted by Gasteiger charge is -2.38. The number of hydrogen-bond donors (Lipinski definition) is 1. The maximum atomic E-state index is 13.3. The summed E-state index contributed by atoms with van der Waals surface area (Å²) in [5, 5.41) is 0. The van der Waals surface area contributed by atoms with E-state index in [4.69, 9.17) is 9.39 Å². The Hall–Kier alpha value is -3.37. The predicted molar refractivity (Wildman–Crippen MR) is 221 cm³/mol. The molecule has 2 aliphatic rings. The van der Waals surface area contributed by atoms with Gasteiger partial charge in [-0.2, -0.15) is 12.6 Å². The number of carbonyl (C=O) groups is 3. The van der Waals surface area contributed by atoms with Gasteiger partial charge in [0, 0.05) is 36.5 Å². The maximum Gasteiger partial charge on any atom is 0.330 e. The SMILES string of the molecule is CC.CC(=NC=O)c1ccccc1.CC(C)(C)C(C)(C)C.CC1COC2=C(Cc3cc([B]OC(C)(C)C(C)(C)S)ccc32)C(=O)N1CC(=O)N(C)C. The van der Waals surface area contributed by atoms with Crippen molar-refractivity contribution >= 4 is 55.3 Å². The third-order valence-corrected chi connectivity index (χ3v) is 10.5. The Morgan fingerprint density at radius 2 is 1.56 bits per heavy atom. The van der Waals surface area contributed by atoms with Crippen LogP contribution in [0.5, 0.6) is 0 Å². The zero-order valence-corrected chi connectivity index (χ0v) is 35.7. The van der Waals surface area contributed by atoms with Crippen molar-refractivity contribution in [3.8, 4) is 0 Å². The van der Waals surface area contributed by atoms with Gasteiger partial charge in [-0.25, -0.2) is 4.99 Å². The molecular weight excluding hydrogens is 669 g/mol. The van der Waals surface area contributed by atoms with Gasteiger partial charge in [0.15, 0.2) is 0 Å². The van der Waals surface area contributed by atoms with E-state index in [0.717, 1.165) is 27.9 Å². The fourth-order valence-electron chi connectivity index (χ4n) is 4.20. The van der Waals surface area contributed by atoms with Gasteiger partial charge in [0.25, 0.3) is 5.91 Å². The Morgan fingerprint density at radius 1 is 1.00 bits per heavy atom. The summed E-state index contributed by atoms with van der Waals surface area (Å²) < 4.78 is 11.8. The minimum absolute atomic E-state index is 0.0466. The molecular formula is C42H65BN3O5S. The Kier molecular flexibility index (Phi) is 17.6.